The predicted molar refractivity (Wildman–Crippen MR) is 77.3 cm³/mol. The highest BCUT2D eigenvalue weighted by atomic mass is 16.5. The number of carboxylic acids is 1. The molecule has 1 aromatic carbocycles. The molecule has 0 spiro atoms. The molecule has 1 aliphatic heterocycles. The van der Waals surface area contributed by atoms with Crippen molar-refractivity contribution in [3.8, 4) is 17.6 Å². The fourth-order valence-electron chi connectivity index (χ4n) is 2.01. The Morgan fingerprint density at radius 1 is 1.48 bits per heavy atom. The van der Waals surface area contributed by atoms with Gasteiger partial charge in [0.1, 0.15) is 5.75 Å². The van der Waals surface area contributed by atoms with Crippen molar-refractivity contribution < 1.29 is 19.4 Å². The lowest BCUT2D eigenvalue weighted by atomic mass is 10.2. The second-order valence-electron chi connectivity index (χ2n) is 4.43. The first-order chi connectivity index (χ1) is 10.1. The van der Waals surface area contributed by atoms with Crippen molar-refractivity contribution in [2.45, 2.75) is 19.4 Å². The van der Waals surface area contributed by atoms with Crippen molar-refractivity contribution in [3.05, 3.63) is 24.3 Å². The number of amides is 2. The van der Waals surface area contributed by atoms with Gasteiger partial charge in [0.2, 0.25) is 6.10 Å². The third-order valence-electron chi connectivity index (χ3n) is 3.00. The van der Waals surface area contributed by atoms with Crippen LogP contribution in [0.1, 0.15) is 13.3 Å². The number of urea groups is 1. The summed E-state index contributed by atoms with van der Waals surface area (Å²) < 4.78 is 5.37. The standard InChI is InChI=1S/C15H16N2O4/c1-2-3-6-9-16-15(20)17-10-13(14(18)19)21-12-8-5-4-7-11(12)17/h4-5,7-8,13H,6,9-10H2,1H3,(H,16,20)(H,18,19). The number of nitrogens with zero attached hydrogens (tertiary/aromatic N) is 1. The number of carboxylic acid groups (broad SMARTS) is 1. The highest BCUT2D eigenvalue weighted by Gasteiger charge is 2.33. The van der Waals surface area contributed by atoms with Gasteiger partial charge in [-0.3, -0.25) is 4.90 Å². The zero-order chi connectivity index (χ0) is 15.2. The Morgan fingerprint density at radius 2 is 2.24 bits per heavy atom. The van der Waals surface area contributed by atoms with E-state index in [4.69, 9.17) is 9.84 Å². The Bertz CT molecular complexity index is 603. The maximum Gasteiger partial charge on any atom is 0.346 e. The second kappa shape index (κ2) is 6.66. The van der Waals surface area contributed by atoms with Crippen molar-refractivity contribution in [3.63, 3.8) is 0 Å². The van der Waals surface area contributed by atoms with E-state index in [0.29, 0.717) is 24.4 Å². The maximum atomic E-state index is 12.2. The van der Waals surface area contributed by atoms with E-state index in [2.05, 4.69) is 17.2 Å². The van der Waals surface area contributed by atoms with Gasteiger partial charge in [0.15, 0.2) is 0 Å². The van der Waals surface area contributed by atoms with E-state index in [0.717, 1.165) is 0 Å². The highest BCUT2D eigenvalue weighted by Crippen LogP contribution is 2.33. The number of rotatable bonds is 3. The molecule has 0 saturated carbocycles. The highest BCUT2D eigenvalue weighted by molar-refractivity contribution is 5.95. The Balaban J connectivity index is 2.14. The van der Waals surface area contributed by atoms with Crippen LogP contribution in [0.4, 0.5) is 10.5 Å². The van der Waals surface area contributed by atoms with E-state index >= 15 is 0 Å². The molecular formula is C15H16N2O4. The normalized spacial score (nSPS) is 16.0. The summed E-state index contributed by atoms with van der Waals surface area (Å²) in [7, 11) is 0. The van der Waals surface area contributed by atoms with E-state index in [1.54, 1.807) is 31.2 Å². The van der Waals surface area contributed by atoms with Crippen LogP contribution in [0.25, 0.3) is 0 Å². The number of para-hydroxylation sites is 2. The van der Waals surface area contributed by atoms with Crippen molar-refractivity contribution in [2.24, 2.45) is 0 Å². The molecule has 0 bridgehead atoms. The van der Waals surface area contributed by atoms with Crippen molar-refractivity contribution >= 4 is 17.7 Å². The van der Waals surface area contributed by atoms with Gasteiger partial charge in [-0.25, -0.2) is 9.59 Å². The topological polar surface area (TPSA) is 78.9 Å². The van der Waals surface area contributed by atoms with Crippen LogP contribution in [0.5, 0.6) is 5.75 Å². The molecule has 2 rings (SSSR count). The lowest BCUT2D eigenvalue weighted by Gasteiger charge is -2.32. The second-order valence-corrected chi connectivity index (χ2v) is 4.43. The summed E-state index contributed by atoms with van der Waals surface area (Å²) in [5.74, 6) is 4.89. The largest absolute Gasteiger partial charge is 0.478 e. The summed E-state index contributed by atoms with van der Waals surface area (Å²) in [6, 6.07) is 6.52. The first kappa shape index (κ1) is 14.7. The zero-order valence-corrected chi connectivity index (χ0v) is 11.6. The Hall–Kier alpha value is -2.68. The van der Waals surface area contributed by atoms with Gasteiger partial charge in [-0.05, 0) is 19.1 Å². The van der Waals surface area contributed by atoms with Crippen molar-refractivity contribution in [2.75, 3.05) is 18.0 Å². The molecule has 1 heterocycles. The number of benzene rings is 1. The van der Waals surface area contributed by atoms with Crippen LogP contribution >= 0.6 is 0 Å². The quantitative estimate of drug-likeness (QED) is 0.652. The SMILES string of the molecule is CC#CCCNC(=O)N1CC(C(=O)O)Oc2ccccc21. The van der Waals surface area contributed by atoms with Gasteiger partial charge in [-0.2, -0.15) is 0 Å². The Kier molecular flexibility index (Phi) is 4.67. The molecular weight excluding hydrogens is 272 g/mol. The number of carbonyl (C=O) groups is 2. The van der Waals surface area contributed by atoms with Gasteiger partial charge in [-0.1, -0.05) is 12.1 Å². The molecule has 1 aliphatic rings. The summed E-state index contributed by atoms with van der Waals surface area (Å²) in [4.78, 5) is 24.7. The van der Waals surface area contributed by atoms with E-state index in [1.807, 2.05) is 0 Å². The minimum absolute atomic E-state index is 0.0301. The molecule has 0 saturated heterocycles. The lowest BCUT2D eigenvalue weighted by Crippen LogP contribution is -2.50. The number of fused-ring (bicyclic) bond motifs is 1. The summed E-state index contributed by atoms with van der Waals surface area (Å²) >= 11 is 0. The molecule has 21 heavy (non-hydrogen) atoms. The molecule has 110 valence electrons. The van der Waals surface area contributed by atoms with Crippen molar-refractivity contribution in [1.82, 2.24) is 5.32 Å². The van der Waals surface area contributed by atoms with Gasteiger partial charge >= 0.3 is 12.0 Å². The van der Waals surface area contributed by atoms with Crippen molar-refractivity contribution in [1.29, 1.82) is 0 Å². The van der Waals surface area contributed by atoms with Gasteiger partial charge in [-0.15, -0.1) is 11.8 Å². The minimum Gasteiger partial charge on any atom is -0.478 e. The smallest absolute Gasteiger partial charge is 0.346 e. The third-order valence-corrected chi connectivity index (χ3v) is 3.00. The first-order valence-corrected chi connectivity index (χ1v) is 6.57. The molecule has 0 aliphatic carbocycles. The van der Waals surface area contributed by atoms with Gasteiger partial charge in [0, 0.05) is 13.0 Å². The first-order valence-electron chi connectivity index (χ1n) is 6.57. The van der Waals surface area contributed by atoms with Gasteiger partial charge in [0.25, 0.3) is 0 Å². The average molecular weight is 288 g/mol. The van der Waals surface area contributed by atoms with E-state index < -0.39 is 12.1 Å². The monoisotopic (exact) mass is 288 g/mol. The van der Waals surface area contributed by atoms with Crippen LogP contribution in [-0.2, 0) is 4.79 Å². The van der Waals surface area contributed by atoms with Gasteiger partial charge in [0.05, 0.1) is 12.2 Å². The number of ether oxygens (including phenoxy) is 1. The van der Waals surface area contributed by atoms with Crippen LogP contribution in [0.2, 0.25) is 0 Å². The average Bonchev–Trinajstić information content (AvgIpc) is 2.50. The fourth-order valence-corrected chi connectivity index (χ4v) is 2.01. The van der Waals surface area contributed by atoms with Crippen LogP contribution in [0.3, 0.4) is 0 Å². The number of anilines is 1. The third kappa shape index (κ3) is 3.45. The predicted octanol–water partition coefficient (Wildman–Crippen LogP) is 1.46. The molecule has 2 N–H and O–H groups in total. The molecule has 1 aromatic rings. The molecule has 6 nitrogen and oxygen atoms in total. The summed E-state index contributed by atoms with van der Waals surface area (Å²) in [6.07, 6.45) is -0.516. The Morgan fingerprint density at radius 3 is 2.95 bits per heavy atom. The molecule has 6 heteroatoms. The molecule has 0 fully saturated rings. The number of hydrogen-bond donors (Lipinski definition) is 2. The number of aliphatic carboxylic acids is 1. The zero-order valence-electron chi connectivity index (χ0n) is 11.6. The van der Waals surface area contributed by atoms with Gasteiger partial charge < -0.3 is 15.2 Å². The van der Waals surface area contributed by atoms with Crippen LogP contribution in [0, 0.1) is 11.8 Å². The van der Waals surface area contributed by atoms with Crippen LogP contribution in [-0.4, -0.2) is 36.3 Å². The number of nitrogens with one attached hydrogen (secondary N) is 1. The van der Waals surface area contributed by atoms with E-state index in [9.17, 15) is 9.59 Å². The summed E-state index contributed by atoms with van der Waals surface area (Å²) in [6.45, 7) is 2.12. The lowest BCUT2D eigenvalue weighted by molar-refractivity contribution is -0.144. The van der Waals surface area contributed by atoms with E-state index in [-0.39, 0.29) is 12.6 Å². The Labute approximate surface area is 122 Å². The van der Waals surface area contributed by atoms with Crippen LogP contribution < -0.4 is 15.0 Å². The number of hydrogen-bond acceptors (Lipinski definition) is 3. The molecule has 1 unspecified atom stereocenters. The minimum atomic E-state index is -1.10. The van der Waals surface area contributed by atoms with E-state index in [1.165, 1.54) is 4.90 Å². The molecule has 0 aromatic heterocycles. The molecule has 0 radical (unpaired) electrons. The number of carbonyl (C=O) groups excluding carboxylic acids is 1. The van der Waals surface area contributed by atoms with Crippen LogP contribution in [0.15, 0.2) is 24.3 Å². The maximum absolute atomic E-state index is 12.2. The molecule has 2 amide bonds. The summed E-state index contributed by atoms with van der Waals surface area (Å²) in [5, 5.41) is 11.8. The fraction of sp³-hybridized carbons (Fsp3) is 0.333. The molecule has 1 atom stereocenters. The summed E-state index contributed by atoms with van der Waals surface area (Å²) in [5.41, 5.74) is 0.564.